The maximum absolute atomic E-state index is 12.1. The summed E-state index contributed by atoms with van der Waals surface area (Å²) in [4.78, 5) is 23.8. The van der Waals surface area contributed by atoms with E-state index in [4.69, 9.17) is 15.2 Å². The molecule has 0 aliphatic carbocycles. The molecule has 0 saturated carbocycles. The van der Waals surface area contributed by atoms with Gasteiger partial charge in [0.15, 0.2) is 18.1 Å². The van der Waals surface area contributed by atoms with E-state index in [1.165, 1.54) is 18.9 Å². The number of nitrogens with one attached hydrogen (secondary N) is 1. The number of hydrogen-bond acceptors (Lipinski definition) is 5. The highest BCUT2D eigenvalue weighted by Gasteiger charge is 2.10. The Kier molecular flexibility index (Phi) is 6.51. The molecule has 0 bridgehead atoms. The van der Waals surface area contributed by atoms with Crippen molar-refractivity contribution >= 4 is 29.3 Å². The highest BCUT2D eigenvalue weighted by atomic mass is 32.2. The first-order valence-corrected chi connectivity index (χ1v) is 8.14. The molecule has 0 radical (unpaired) electrons. The predicted octanol–water partition coefficient (Wildman–Crippen LogP) is 2.29. The van der Waals surface area contributed by atoms with E-state index in [9.17, 15) is 9.59 Å². The van der Waals surface area contributed by atoms with Crippen LogP contribution in [0, 0.1) is 0 Å². The van der Waals surface area contributed by atoms with Gasteiger partial charge in [-0.25, -0.2) is 0 Å². The summed E-state index contributed by atoms with van der Waals surface area (Å²) in [5.74, 6) is 0.466. The first-order chi connectivity index (χ1) is 11.6. The van der Waals surface area contributed by atoms with Crippen molar-refractivity contribution in [1.82, 2.24) is 0 Å². The van der Waals surface area contributed by atoms with Crippen LogP contribution in [-0.2, 0) is 9.59 Å². The van der Waals surface area contributed by atoms with Gasteiger partial charge in [0, 0.05) is 4.90 Å². The Morgan fingerprint density at radius 2 is 1.75 bits per heavy atom. The molecule has 0 aliphatic rings. The van der Waals surface area contributed by atoms with Crippen molar-refractivity contribution in [1.29, 1.82) is 0 Å². The Labute approximate surface area is 144 Å². The van der Waals surface area contributed by atoms with Gasteiger partial charge >= 0.3 is 0 Å². The van der Waals surface area contributed by atoms with Crippen molar-refractivity contribution in [2.45, 2.75) is 4.90 Å². The number of nitrogens with two attached hydrogens (primary N) is 1. The fourth-order valence-electron chi connectivity index (χ4n) is 1.91. The minimum atomic E-state index is -0.416. The number of carbonyl (C=O) groups excluding carboxylic acids is 2. The van der Waals surface area contributed by atoms with Crippen molar-refractivity contribution in [3.63, 3.8) is 0 Å². The van der Waals surface area contributed by atoms with E-state index in [1.54, 1.807) is 30.3 Å². The van der Waals surface area contributed by atoms with Crippen molar-refractivity contribution in [2.75, 3.05) is 24.8 Å². The summed E-state index contributed by atoms with van der Waals surface area (Å²) in [7, 11) is 1.54. The van der Waals surface area contributed by atoms with Gasteiger partial charge in [0.2, 0.25) is 5.91 Å². The zero-order valence-electron chi connectivity index (χ0n) is 13.2. The van der Waals surface area contributed by atoms with E-state index in [0.717, 1.165) is 4.90 Å². The number of amides is 2. The van der Waals surface area contributed by atoms with Crippen LogP contribution in [0.4, 0.5) is 5.69 Å². The number of methoxy groups -OCH3 is 1. The second-order valence-corrected chi connectivity index (χ2v) is 5.76. The molecule has 7 heteroatoms. The number of hydrogen-bond donors (Lipinski definition) is 2. The molecule has 0 aliphatic heterocycles. The monoisotopic (exact) mass is 346 g/mol. The number of thioether (sulfide) groups is 1. The Hall–Kier alpha value is -2.67. The molecule has 24 heavy (non-hydrogen) atoms. The van der Waals surface area contributed by atoms with Gasteiger partial charge in [-0.15, -0.1) is 11.8 Å². The molecule has 2 aromatic carbocycles. The third-order valence-electron chi connectivity index (χ3n) is 2.96. The standard InChI is InChI=1S/C17H18N2O4S/c1-22-13-7-3-4-8-14(13)23-10-17(21)19-12-6-2-5-9-15(12)24-11-16(18)20/h2-9H,10-11H2,1H3,(H2,18,20)(H,19,21). The SMILES string of the molecule is COc1ccccc1OCC(=O)Nc1ccccc1SCC(N)=O. The van der Waals surface area contributed by atoms with Crippen LogP contribution in [0.3, 0.4) is 0 Å². The van der Waals surface area contributed by atoms with E-state index >= 15 is 0 Å². The van der Waals surface area contributed by atoms with Gasteiger partial charge in [0.05, 0.1) is 18.6 Å². The van der Waals surface area contributed by atoms with Crippen LogP contribution in [0.5, 0.6) is 11.5 Å². The second-order valence-electron chi connectivity index (χ2n) is 4.74. The number of carbonyl (C=O) groups is 2. The molecule has 2 aromatic rings. The van der Waals surface area contributed by atoms with Gasteiger partial charge < -0.3 is 20.5 Å². The maximum atomic E-state index is 12.1. The topological polar surface area (TPSA) is 90.7 Å². The zero-order valence-corrected chi connectivity index (χ0v) is 14.0. The van der Waals surface area contributed by atoms with E-state index in [2.05, 4.69) is 5.32 Å². The van der Waals surface area contributed by atoms with Crippen molar-refractivity contribution in [3.8, 4) is 11.5 Å². The average molecular weight is 346 g/mol. The summed E-state index contributed by atoms with van der Waals surface area (Å²) in [6, 6.07) is 14.3. The second kappa shape index (κ2) is 8.83. The van der Waals surface area contributed by atoms with Crippen LogP contribution in [0.15, 0.2) is 53.4 Å². The minimum Gasteiger partial charge on any atom is -0.493 e. The van der Waals surface area contributed by atoms with Crippen LogP contribution in [0.25, 0.3) is 0 Å². The van der Waals surface area contributed by atoms with Gasteiger partial charge in [-0.05, 0) is 24.3 Å². The number of para-hydroxylation sites is 3. The van der Waals surface area contributed by atoms with Crippen LogP contribution < -0.4 is 20.5 Å². The lowest BCUT2D eigenvalue weighted by Gasteiger charge is -2.12. The lowest BCUT2D eigenvalue weighted by molar-refractivity contribution is -0.118. The molecule has 2 amide bonds. The third-order valence-corrected chi connectivity index (χ3v) is 4.05. The Morgan fingerprint density at radius 1 is 1.08 bits per heavy atom. The van der Waals surface area contributed by atoms with Crippen molar-refractivity contribution in [2.24, 2.45) is 5.73 Å². The molecule has 2 rings (SSSR count). The fraction of sp³-hybridized carbons (Fsp3) is 0.176. The van der Waals surface area contributed by atoms with Gasteiger partial charge in [-0.2, -0.15) is 0 Å². The summed E-state index contributed by atoms with van der Waals surface area (Å²) in [6.45, 7) is -0.158. The molecule has 0 spiro atoms. The van der Waals surface area contributed by atoms with Gasteiger partial charge in [0.25, 0.3) is 5.91 Å². The normalized spacial score (nSPS) is 10.0. The van der Waals surface area contributed by atoms with Crippen LogP contribution in [-0.4, -0.2) is 31.3 Å². The summed E-state index contributed by atoms with van der Waals surface area (Å²) < 4.78 is 10.6. The Morgan fingerprint density at radius 3 is 2.46 bits per heavy atom. The Bertz CT molecular complexity index is 721. The molecule has 0 aromatic heterocycles. The van der Waals surface area contributed by atoms with E-state index in [0.29, 0.717) is 17.2 Å². The van der Waals surface area contributed by atoms with Gasteiger partial charge in [-0.1, -0.05) is 24.3 Å². The fourth-order valence-corrected chi connectivity index (χ4v) is 2.66. The van der Waals surface area contributed by atoms with Crippen molar-refractivity contribution < 1.29 is 19.1 Å². The largest absolute Gasteiger partial charge is 0.493 e. The van der Waals surface area contributed by atoms with Crippen LogP contribution >= 0.6 is 11.8 Å². The quantitative estimate of drug-likeness (QED) is 0.716. The molecule has 0 atom stereocenters. The lowest BCUT2D eigenvalue weighted by atomic mass is 10.3. The summed E-state index contributed by atoms with van der Waals surface area (Å²) in [5, 5.41) is 2.76. The molecule has 0 saturated heterocycles. The Balaban J connectivity index is 1.96. The summed E-state index contributed by atoms with van der Waals surface area (Å²) >= 11 is 1.27. The molecule has 3 N–H and O–H groups in total. The van der Waals surface area contributed by atoms with E-state index < -0.39 is 5.91 Å². The first kappa shape index (κ1) is 17.7. The highest BCUT2D eigenvalue weighted by molar-refractivity contribution is 8.00. The number of rotatable bonds is 8. The number of primary amides is 1. The smallest absolute Gasteiger partial charge is 0.262 e. The summed E-state index contributed by atoms with van der Waals surface area (Å²) in [5.41, 5.74) is 5.76. The molecular weight excluding hydrogens is 328 g/mol. The minimum absolute atomic E-state index is 0.143. The molecule has 6 nitrogen and oxygen atoms in total. The van der Waals surface area contributed by atoms with Crippen LogP contribution in [0.2, 0.25) is 0 Å². The zero-order chi connectivity index (χ0) is 17.4. The first-order valence-electron chi connectivity index (χ1n) is 7.16. The van der Waals surface area contributed by atoms with Crippen molar-refractivity contribution in [3.05, 3.63) is 48.5 Å². The highest BCUT2D eigenvalue weighted by Crippen LogP contribution is 2.27. The number of benzene rings is 2. The molecule has 126 valence electrons. The average Bonchev–Trinajstić information content (AvgIpc) is 2.59. The van der Waals surface area contributed by atoms with E-state index in [1.807, 2.05) is 18.2 Å². The van der Waals surface area contributed by atoms with E-state index in [-0.39, 0.29) is 18.3 Å². The molecular formula is C17H18N2O4S. The summed E-state index contributed by atoms with van der Waals surface area (Å²) in [6.07, 6.45) is 0. The van der Waals surface area contributed by atoms with Crippen LogP contribution in [0.1, 0.15) is 0 Å². The number of ether oxygens (including phenoxy) is 2. The predicted molar refractivity (Wildman–Crippen MR) is 93.5 cm³/mol. The van der Waals surface area contributed by atoms with Gasteiger partial charge in [0.1, 0.15) is 0 Å². The van der Waals surface area contributed by atoms with Gasteiger partial charge in [-0.3, -0.25) is 9.59 Å². The lowest BCUT2D eigenvalue weighted by Crippen LogP contribution is -2.21. The molecule has 0 unspecified atom stereocenters. The third kappa shape index (κ3) is 5.20. The maximum Gasteiger partial charge on any atom is 0.262 e. The molecule has 0 fully saturated rings. The number of anilines is 1. The molecule has 0 heterocycles.